The first-order chi connectivity index (χ1) is 6.83. The summed E-state index contributed by atoms with van der Waals surface area (Å²) < 4.78 is 0. The van der Waals surface area contributed by atoms with Gasteiger partial charge in [-0.2, -0.15) is 0 Å². The lowest BCUT2D eigenvalue weighted by atomic mass is 10.2. The zero-order chi connectivity index (χ0) is 9.54. The van der Waals surface area contributed by atoms with Crippen molar-refractivity contribution < 1.29 is 0 Å². The summed E-state index contributed by atoms with van der Waals surface area (Å²) in [6.07, 6.45) is 0. The Morgan fingerprint density at radius 2 is 2.29 bits per heavy atom. The lowest BCUT2D eigenvalue weighted by molar-refractivity contribution is 1.20. The molecule has 0 spiro atoms. The van der Waals surface area contributed by atoms with Crippen molar-refractivity contribution in [3.63, 3.8) is 0 Å². The molecule has 0 aliphatic rings. The van der Waals surface area contributed by atoms with Crippen molar-refractivity contribution in [2.45, 2.75) is 0 Å². The number of hydrogen-bond acceptors (Lipinski definition) is 2. The van der Waals surface area contributed by atoms with Crippen LogP contribution in [-0.2, 0) is 0 Å². The molecule has 2 N–H and O–H groups in total. The minimum Gasteiger partial charge on any atom is -0.304 e. The first-order valence-corrected chi connectivity index (χ1v) is 4.22. The molecule has 4 heteroatoms. The smallest absolute Gasteiger partial charge is 0.304 e. The van der Waals surface area contributed by atoms with Crippen LogP contribution in [0.5, 0.6) is 0 Å². The van der Waals surface area contributed by atoms with E-state index in [1.165, 1.54) is 0 Å². The van der Waals surface area contributed by atoms with E-state index in [4.69, 9.17) is 0 Å². The number of fused-ring (bicyclic) bond motifs is 2. The molecule has 0 aliphatic carbocycles. The molecule has 1 radical (unpaired) electrons. The highest BCUT2D eigenvalue weighted by molar-refractivity contribution is 5.88. The summed E-state index contributed by atoms with van der Waals surface area (Å²) in [4.78, 5) is 20.6. The number of nitrogens with one attached hydrogen (secondary N) is 2. The molecule has 3 rings (SSSR count). The van der Waals surface area contributed by atoms with Crippen LogP contribution in [0.4, 0.5) is 0 Å². The van der Waals surface area contributed by atoms with E-state index in [2.05, 4.69) is 21.0 Å². The lowest BCUT2D eigenvalue weighted by Crippen LogP contribution is -1.99. The van der Waals surface area contributed by atoms with Crippen LogP contribution in [0.1, 0.15) is 0 Å². The van der Waals surface area contributed by atoms with Gasteiger partial charge in [-0.1, -0.05) is 6.07 Å². The summed E-state index contributed by atoms with van der Waals surface area (Å²) in [7, 11) is 0. The summed E-state index contributed by atoms with van der Waals surface area (Å²) in [5.41, 5.74) is 1.94. The molecule has 0 fully saturated rings. The monoisotopic (exact) mass is 184 g/mol. The van der Waals surface area contributed by atoms with E-state index in [1.54, 1.807) is 6.07 Å². The van der Waals surface area contributed by atoms with Gasteiger partial charge in [0.2, 0.25) is 0 Å². The molecular weight excluding hydrogens is 178 g/mol. The molecule has 0 bridgehead atoms. The Balaban J connectivity index is 2.57. The summed E-state index contributed by atoms with van der Waals surface area (Å²) in [5, 5.41) is 0.968. The van der Waals surface area contributed by atoms with Gasteiger partial charge in [0.15, 0.2) is 5.65 Å². The predicted octanol–water partition coefficient (Wildman–Crippen LogP) is 1.20. The van der Waals surface area contributed by atoms with E-state index in [0.717, 1.165) is 16.4 Å². The summed E-state index contributed by atoms with van der Waals surface area (Å²) >= 11 is 0. The van der Waals surface area contributed by atoms with Crippen LogP contribution in [0.2, 0.25) is 0 Å². The number of benzene rings is 1. The van der Waals surface area contributed by atoms with E-state index in [9.17, 15) is 4.79 Å². The minimum absolute atomic E-state index is 0.230. The number of aromatic amines is 2. The Bertz CT molecular complexity index is 610. The van der Waals surface area contributed by atoms with E-state index >= 15 is 0 Å². The average molecular weight is 184 g/mol. The Morgan fingerprint density at radius 3 is 3.21 bits per heavy atom. The molecule has 0 amide bonds. The van der Waals surface area contributed by atoms with Crippen LogP contribution >= 0.6 is 0 Å². The minimum atomic E-state index is -0.230. The number of nitrogens with zero attached hydrogens (tertiary/aromatic N) is 1. The largest absolute Gasteiger partial charge is 0.325 e. The number of rotatable bonds is 0. The molecule has 1 aromatic carbocycles. The van der Waals surface area contributed by atoms with Crippen molar-refractivity contribution in [1.29, 1.82) is 0 Å². The van der Waals surface area contributed by atoms with Crippen LogP contribution in [0.25, 0.3) is 22.1 Å². The molecule has 0 unspecified atom stereocenters. The zero-order valence-electron chi connectivity index (χ0n) is 7.16. The van der Waals surface area contributed by atoms with Gasteiger partial charge >= 0.3 is 5.69 Å². The molecule has 0 saturated carbocycles. The molecule has 0 atom stereocenters. The van der Waals surface area contributed by atoms with Gasteiger partial charge in [-0.15, -0.1) is 0 Å². The van der Waals surface area contributed by atoms with Crippen LogP contribution in [0.15, 0.2) is 29.1 Å². The third kappa shape index (κ3) is 0.939. The van der Waals surface area contributed by atoms with Crippen LogP contribution in [0, 0.1) is 6.07 Å². The second kappa shape index (κ2) is 2.45. The predicted molar refractivity (Wildman–Crippen MR) is 53.1 cm³/mol. The van der Waals surface area contributed by atoms with Crippen LogP contribution in [0.3, 0.4) is 0 Å². The second-order valence-electron chi connectivity index (χ2n) is 3.08. The molecule has 2 heterocycles. The van der Waals surface area contributed by atoms with Gasteiger partial charge in [0.25, 0.3) is 0 Å². The molecule has 2 aromatic heterocycles. The highest BCUT2D eigenvalue weighted by atomic mass is 16.1. The topological polar surface area (TPSA) is 61.5 Å². The van der Waals surface area contributed by atoms with Crippen molar-refractivity contribution in [2.75, 3.05) is 0 Å². The standard InChI is InChI=1S/C10H6N3O/c14-10-12-8-5-6-3-1-2-4-7(6)11-9(8)13-10/h2-5H,(H2,11,12,13,14). The van der Waals surface area contributed by atoms with E-state index in [0.29, 0.717) is 5.65 Å². The van der Waals surface area contributed by atoms with E-state index < -0.39 is 0 Å². The second-order valence-corrected chi connectivity index (χ2v) is 3.08. The number of pyridine rings is 1. The highest BCUT2D eigenvalue weighted by Gasteiger charge is 2.01. The first kappa shape index (κ1) is 7.32. The Morgan fingerprint density at radius 1 is 1.36 bits per heavy atom. The molecule has 0 aliphatic heterocycles. The summed E-state index contributed by atoms with van der Waals surface area (Å²) in [5.74, 6) is 0. The van der Waals surface area contributed by atoms with Gasteiger partial charge < -0.3 is 4.98 Å². The number of aromatic nitrogens is 3. The third-order valence-corrected chi connectivity index (χ3v) is 2.14. The van der Waals surface area contributed by atoms with Gasteiger partial charge in [0, 0.05) is 5.39 Å². The zero-order valence-corrected chi connectivity index (χ0v) is 7.16. The Kier molecular flexibility index (Phi) is 1.28. The Hall–Kier alpha value is -2.10. The number of imidazole rings is 1. The van der Waals surface area contributed by atoms with Gasteiger partial charge in [0.1, 0.15) is 0 Å². The summed E-state index contributed by atoms with van der Waals surface area (Å²) in [6.45, 7) is 0. The van der Waals surface area contributed by atoms with Gasteiger partial charge in [-0.05, 0) is 24.3 Å². The van der Waals surface area contributed by atoms with E-state index in [-0.39, 0.29) is 5.69 Å². The van der Waals surface area contributed by atoms with Crippen molar-refractivity contribution in [1.82, 2.24) is 15.0 Å². The SMILES string of the molecule is O=c1[nH]c2cc3c[c]ccc3nc2[nH]1. The van der Waals surface area contributed by atoms with Crippen LogP contribution in [-0.4, -0.2) is 15.0 Å². The van der Waals surface area contributed by atoms with Crippen molar-refractivity contribution in [2.24, 2.45) is 0 Å². The maximum Gasteiger partial charge on any atom is 0.325 e. The fraction of sp³-hybridized carbons (Fsp3) is 0. The van der Waals surface area contributed by atoms with Crippen molar-refractivity contribution >= 4 is 22.1 Å². The van der Waals surface area contributed by atoms with Crippen LogP contribution < -0.4 is 5.69 Å². The third-order valence-electron chi connectivity index (χ3n) is 2.14. The molecule has 3 aromatic rings. The van der Waals surface area contributed by atoms with Crippen molar-refractivity contribution in [3.8, 4) is 0 Å². The normalized spacial score (nSPS) is 11.1. The molecule has 67 valence electrons. The first-order valence-electron chi connectivity index (χ1n) is 4.22. The van der Waals surface area contributed by atoms with Gasteiger partial charge in [-0.3, -0.25) is 4.98 Å². The molecule has 0 saturated heterocycles. The molecule has 4 nitrogen and oxygen atoms in total. The van der Waals surface area contributed by atoms with Crippen molar-refractivity contribution in [3.05, 3.63) is 40.8 Å². The maximum atomic E-state index is 11.0. The number of hydrogen-bond donors (Lipinski definition) is 2. The highest BCUT2D eigenvalue weighted by Crippen LogP contribution is 2.14. The fourth-order valence-corrected chi connectivity index (χ4v) is 1.51. The van der Waals surface area contributed by atoms with Gasteiger partial charge in [-0.25, -0.2) is 9.78 Å². The summed E-state index contributed by atoms with van der Waals surface area (Å²) in [6, 6.07) is 10.3. The average Bonchev–Trinajstić information content (AvgIpc) is 2.53. The molecular formula is C10H6N3O. The quantitative estimate of drug-likeness (QED) is 0.551. The van der Waals surface area contributed by atoms with Gasteiger partial charge in [0.05, 0.1) is 11.0 Å². The molecule has 14 heavy (non-hydrogen) atoms. The van der Waals surface area contributed by atoms with E-state index in [1.807, 2.05) is 18.2 Å². The number of H-pyrrole nitrogens is 2. The Labute approximate surface area is 78.6 Å². The fourth-order valence-electron chi connectivity index (χ4n) is 1.51. The lowest BCUT2D eigenvalue weighted by Gasteiger charge is -1.94. The maximum absolute atomic E-state index is 11.0.